The molecule has 22 heavy (non-hydrogen) atoms. The molecule has 6 nitrogen and oxygen atoms in total. The Kier molecular flexibility index (Phi) is 2.84. The summed E-state index contributed by atoms with van der Waals surface area (Å²) < 4.78 is 0. The third-order valence-electron chi connectivity index (χ3n) is 3.76. The Labute approximate surface area is 125 Å². The van der Waals surface area contributed by atoms with Gasteiger partial charge in [0.2, 0.25) is 11.6 Å². The van der Waals surface area contributed by atoms with Gasteiger partial charge in [-0.05, 0) is 24.6 Å². The summed E-state index contributed by atoms with van der Waals surface area (Å²) in [7, 11) is 0. The first-order valence-corrected chi connectivity index (χ1v) is 6.46. The minimum atomic E-state index is -0.994. The van der Waals surface area contributed by atoms with Crippen LogP contribution in [-0.2, 0) is 14.4 Å². The van der Waals surface area contributed by atoms with Gasteiger partial charge in [0.25, 0.3) is 5.78 Å². The van der Waals surface area contributed by atoms with Crippen LogP contribution in [0.1, 0.15) is 22.7 Å². The van der Waals surface area contributed by atoms with E-state index in [1.807, 2.05) is 0 Å². The minimum Gasteiger partial charge on any atom is -0.506 e. The molecular weight excluding hydrogens is 286 g/mol. The van der Waals surface area contributed by atoms with Crippen LogP contribution in [0.4, 0.5) is 0 Å². The van der Waals surface area contributed by atoms with E-state index in [9.17, 15) is 24.6 Å². The van der Waals surface area contributed by atoms with Crippen molar-refractivity contribution in [2.24, 2.45) is 0 Å². The van der Waals surface area contributed by atoms with E-state index in [4.69, 9.17) is 0 Å². The van der Waals surface area contributed by atoms with E-state index < -0.39 is 29.0 Å². The molecule has 3 rings (SSSR count). The number of aliphatic hydroxyl groups is 2. The summed E-state index contributed by atoms with van der Waals surface area (Å²) in [5.41, 5.74) is 1.20. The number of allylic oxidation sites excluding steroid dienone is 4. The highest BCUT2D eigenvalue weighted by Gasteiger charge is 2.40. The molecule has 0 aromatic carbocycles. The summed E-state index contributed by atoms with van der Waals surface area (Å²) in [6, 6.07) is 1.55. The second-order valence-corrected chi connectivity index (χ2v) is 5.17. The molecule has 0 radical (unpaired) electrons. The van der Waals surface area contributed by atoms with Gasteiger partial charge in [0.05, 0.1) is 17.1 Å². The van der Waals surface area contributed by atoms with Crippen LogP contribution < -0.4 is 0 Å². The zero-order valence-corrected chi connectivity index (χ0v) is 11.6. The second kappa shape index (κ2) is 4.49. The summed E-state index contributed by atoms with van der Waals surface area (Å²) >= 11 is 0. The van der Waals surface area contributed by atoms with Gasteiger partial charge in [0, 0.05) is 17.5 Å². The van der Waals surface area contributed by atoms with Gasteiger partial charge in [0.15, 0.2) is 5.76 Å². The van der Waals surface area contributed by atoms with Gasteiger partial charge in [-0.1, -0.05) is 6.58 Å². The molecule has 1 aromatic heterocycles. The Bertz CT molecular complexity index is 844. The molecule has 0 aliphatic heterocycles. The molecule has 1 atom stereocenters. The third kappa shape index (κ3) is 1.74. The van der Waals surface area contributed by atoms with Crippen LogP contribution in [-0.4, -0.2) is 32.5 Å². The Hall–Kier alpha value is -3.02. The van der Waals surface area contributed by atoms with Crippen LogP contribution in [0.2, 0.25) is 0 Å². The van der Waals surface area contributed by atoms with Crippen molar-refractivity contribution in [3.8, 4) is 0 Å². The van der Waals surface area contributed by atoms with E-state index in [0.29, 0.717) is 11.3 Å². The lowest BCUT2D eigenvalue weighted by Gasteiger charge is -2.23. The van der Waals surface area contributed by atoms with Crippen LogP contribution in [0.3, 0.4) is 0 Å². The minimum absolute atomic E-state index is 0.00580. The van der Waals surface area contributed by atoms with Gasteiger partial charge in [0.1, 0.15) is 5.76 Å². The van der Waals surface area contributed by atoms with Crippen molar-refractivity contribution in [2.45, 2.75) is 12.8 Å². The van der Waals surface area contributed by atoms with E-state index in [-0.39, 0.29) is 22.5 Å². The summed E-state index contributed by atoms with van der Waals surface area (Å²) in [6.45, 7) is 5.12. The van der Waals surface area contributed by atoms with Gasteiger partial charge >= 0.3 is 0 Å². The van der Waals surface area contributed by atoms with E-state index in [2.05, 4.69) is 11.6 Å². The Morgan fingerprint density at radius 2 is 1.86 bits per heavy atom. The first-order valence-electron chi connectivity index (χ1n) is 6.46. The van der Waals surface area contributed by atoms with Crippen molar-refractivity contribution in [2.75, 3.05) is 0 Å². The SMILES string of the molecule is C=C1C(=O)C(c2cnc(C)cc2C2C=C(O)C(=O)C2=O)=C1O. The quantitative estimate of drug-likeness (QED) is 0.632. The predicted octanol–water partition coefficient (Wildman–Crippen LogP) is 1.48. The third-order valence-corrected chi connectivity index (χ3v) is 3.76. The molecule has 2 N–H and O–H groups in total. The van der Waals surface area contributed by atoms with Gasteiger partial charge in [-0.15, -0.1) is 0 Å². The molecule has 0 bridgehead atoms. The van der Waals surface area contributed by atoms with Gasteiger partial charge in [-0.25, -0.2) is 0 Å². The molecule has 110 valence electrons. The summed E-state index contributed by atoms with van der Waals surface area (Å²) in [5.74, 6) is -4.04. The molecule has 0 amide bonds. The van der Waals surface area contributed by atoms with Crippen molar-refractivity contribution in [1.29, 1.82) is 0 Å². The number of aryl methyl sites for hydroxylation is 1. The van der Waals surface area contributed by atoms with Crippen molar-refractivity contribution < 1.29 is 24.6 Å². The lowest BCUT2D eigenvalue weighted by Crippen LogP contribution is -2.23. The number of aromatic nitrogens is 1. The normalized spacial score (nSPS) is 21.3. The summed E-state index contributed by atoms with van der Waals surface area (Å²) in [6.07, 6.45) is 2.50. The highest BCUT2D eigenvalue weighted by Crippen LogP contribution is 2.39. The molecule has 2 aliphatic carbocycles. The largest absolute Gasteiger partial charge is 0.506 e. The van der Waals surface area contributed by atoms with Crippen LogP contribution in [0.15, 0.2) is 42.0 Å². The van der Waals surface area contributed by atoms with Crippen LogP contribution in [0, 0.1) is 6.92 Å². The molecular formula is C16H11NO5. The predicted molar refractivity (Wildman–Crippen MR) is 76.1 cm³/mol. The number of Topliss-reactive ketones (excluding diaryl/α,β-unsaturated/α-hetero) is 3. The molecule has 6 heteroatoms. The number of carbonyl (C=O) groups excluding carboxylic acids is 3. The van der Waals surface area contributed by atoms with Crippen molar-refractivity contribution in [3.05, 3.63) is 58.8 Å². The van der Waals surface area contributed by atoms with E-state index >= 15 is 0 Å². The number of pyridine rings is 1. The van der Waals surface area contributed by atoms with Crippen molar-refractivity contribution >= 4 is 22.9 Å². The number of carbonyl (C=O) groups is 3. The van der Waals surface area contributed by atoms with E-state index in [1.165, 1.54) is 6.20 Å². The fraction of sp³-hybridized carbons (Fsp3) is 0.125. The molecule has 0 saturated heterocycles. The maximum Gasteiger partial charge on any atom is 0.263 e. The lowest BCUT2D eigenvalue weighted by atomic mass is 9.80. The smallest absolute Gasteiger partial charge is 0.263 e. The highest BCUT2D eigenvalue weighted by molar-refractivity contribution is 6.47. The number of rotatable bonds is 2. The zero-order valence-electron chi connectivity index (χ0n) is 11.6. The topological polar surface area (TPSA) is 105 Å². The zero-order chi connectivity index (χ0) is 16.2. The second-order valence-electron chi connectivity index (χ2n) is 5.17. The first kappa shape index (κ1) is 13.9. The van der Waals surface area contributed by atoms with Gasteiger partial charge < -0.3 is 10.2 Å². The number of hydrogen-bond acceptors (Lipinski definition) is 6. The highest BCUT2D eigenvalue weighted by atomic mass is 16.3. The van der Waals surface area contributed by atoms with Crippen LogP contribution >= 0.6 is 0 Å². The Morgan fingerprint density at radius 1 is 1.18 bits per heavy atom. The fourth-order valence-corrected chi connectivity index (χ4v) is 2.56. The van der Waals surface area contributed by atoms with Crippen LogP contribution in [0.25, 0.3) is 5.57 Å². The Balaban J connectivity index is 2.20. The van der Waals surface area contributed by atoms with E-state index in [1.54, 1.807) is 13.0 Å². The maximum atomic E-state index is 12.0. The molecule has 0 saturated carbocycles. The maximum absolute atomic E-state index is 12.0. The molecule has 0 fully saturated rings. The standard InChI is InChI=1S/C16H11NO5/c1-6-3-8(9-4-11(18)16(22)15(9)21)10(5-17-6)12-13(19)7(2)14(12)20/h3-5,9,18-19H,2H2,1H3. The fourth-order valence-electron chi connectivity index (χ4n) is 2.56. The van der Waals surface area contributed by atoms with Crippen LogP contribution in [0.5, 0.6) is 0 Å². The molecule has 1 heterocycles. The molecule has 2 aliphatic rings. The lowest BCUT2D eigenvalue weighted by molar-refractivity contribution is -0.134. The Morgan fingerprint density at radius 3 is 2.41 bits per heavy atom. The number of hydrogen-bond donors (Lipinski definition) is 2. The summed E-state index contributed by atoms with van der Waals surface area (Å²) in [5, 5.41) is 19.3. The number of nitrogens with zero attached hydrogens (tertiary/aromatic N) is 1. The average Bonchev–Trinajstić information content (AvgIpc) is 2.76. The first-order chi connectivity index (χ1) is 10.3. The van der Waals surface area contributed by atoms with Crippen molar-refractivity contribution in [1.82, 2.24) is 4.98 Å². The molecule has 0 spiro atoms. The summed E-state index contributed by atoms with van der Waals surface area (Å²) in [4.78, 5) is 39.4. The number of ketones is 3. The monoisotopic (exact) mass is 297 g/mol. The molecule has 1 aromatic rings. The number of aliphatic hydroxyl groups excluding tert-OH is 2. The van der Waals surface area contributed by atoms with Gasteiger partial charge in [-0.3, -0.25) is 19.4 Å². The van der Waals surface area contributed by atoms with E-state index in [0.717, 1.165) is 6.08 Å². The molecule has 1 unspecified atom stereocenters. The average molecular weight is 297 g/mol. The van der Waals surface area contributed by atoms with Crippen molar-refractivity contribution in [3.63, 3.8) is 0 Å². The van der Waals surface area contributed by atoms with Gasteiger partial charge in [-0.2, -0.15) is 0 Å².